The second-order valence-electron chi connectivity index (χ2n) is 6.58. The van der Waals surface area contributed by atoms with Crippen molar-refractivity contribution in [2.75, 3.05) is 39.0 Å². The Morgan fingerprint density at radius 3 is 2.52 bits per heavy atom. The van der Waals surface area contributed by atoms with Crippen LogP contribution in [-0.4, -0.2) is 54.4 Å². The molecule has 0 fully saturated rings. The molecule has 0 radical (unpaired) electrons. The van der Waals surface area contributed by atoms with Crippen LogP contribution in [0.4, 0.5) is 5.69 Å². The summed E-state index contributed by atoms with van der Waals surface area (Å²) < 4.78 is 17.9. The lowest BCUT2D eigenvalue weighted by Crippen LogP contribution is -2.14. The zero-order chi connectivity index (χ0) is 22.1. The fraction of sp³-hybridized carbons (Fsp3) is 0.318. The number of nitrogens with one attached hydrogen (secondary N) is 1. The number of thioether (sulfide) groups is 1. The van der Waals surface area contributed by atoms with Gasteiger partial charge in [-0.05, 0) is 36.8 Å². The number of carbonyl (C=O) groups excluding carboxylic acids is 1. The van der Waals surface area contributed by atoms with Gasteiger partial charge in [-0.3, -0.25) is 4.79 Å². The van der Waals surface area contributed by atoms with E-state index in [1.807, 2.05) is 53.1 Å². The number of ether oxygens (including phenoxy) is 3. The normalized spacial score (nSPS) is 10.7. The number of aromatic nitrogens is 3. The molecule has 0 bridgehead atoms. The van der Waals surface area contributed by atoms with E-state index in [1.54, 1.807) is 21.3 Å². The van der Waals surface area contributed by atoms with E-state index in [4.69, 9.17) is 14.2 Å². The number of para-hydroxylation sites is 1. The second-order valence-corrected chi connectivity index (χ2v) is 7.52. The van der Waals surface area contributed by atoms with Crippen molar-refractivity contribution in [2.24, 2.45) is 0 Å². The van der Waals surface area contributed by atoms with E-state index in [1.165, 1.54) is 11.8 Å². The van der Waals surface area contributed by atoms with Crippen molar-refractivity contribution < 1.29 is 19.0 Å². The van der Waals surface area contributed by atoms with Crippen molar-refractivity contribution in [3.63, 3.8) is 0 Å². The van der Waals surface area contributed by atoms with Crippen molar-refractivity contribution in [1.82, 2.24) is 14.8 Å². The van der Waals surface area contributed by atoms with E-state index in [-0.39, 0.29) is 11.7 Å². The fourth-order valence-corrected chi connectivity index (χ4v) is 3.77. The van der Waals surface area contributed by atoms with Crippen molar-refractivity contribution in [3.05, 3.63) is 48.5 Å². The molecule has 1 aromatic heterocycles. The van der Waals surface area contributed by atoms with Crippen LogP contribution in [0.2, 0.25) is 0 Å². The van der Waals surface area contributed by atoms with Crippen LogP contribution in [0, 0.1) is 0 Å². The molecule has 9 heteroatoms. The molecule has 0 unspecified atom stereocenters. The Bertz CT molecular complexity index is 994. The van der Waals surface area contributed by atoms with E-state index >= 15 is 0 Å². The van der Waals surface area contributed by atoms with Gasteiger partial charge in [0, 0.05) is 31.5 Å². The molecule has 8 nitrogen and oxygen atoms in total. The van der Waals surface area contributed by atoms with E-state index < -0.39 is 0 Å². The van der Waals surface area contributed by atoms with Crippen LogP contribution >= 0.6 is 11.8 Å². The maximum atomic E-state index is 12.3. The molecule has 2 aromatic carbocycles. The monoisotopic (exact) mass is 442 g/mol. The molecule has 1 N–H and O–H groups in total. The maximum absolute atomic E-state index is 12.3. The minimum atomic E-state index is -0.102. The third-order valence-electron chi connectivity index (χ3n) is 4.48. The molecular formula is C22H26N4O4S. The van der Waals surface area contributed by atoms with Gasteiger partial charge in [0.05, 0.1) is 20.0 Å². The van der Waals surface area contributed by atoms with Crippen LogP contribution in [-0.2, 0) is 16.1 Å². The predicted molar refractivity (Wildman–Crippen MR) is 121 cm³/mol. The third kappa shape index (κ3) is 5.99. The quantitative estimate of drug-likeness (QED) is 0.358. The summed E-state index contributed by atoms with van der Waals surface area (Å²) >= 11 is 1.35. The molecule has 3 rings (SSSR count). The van der Waals surface area contributed by atoms with Crippen LogP contribution < -0.4 is 14.8 Å². The molecule has 0 saturated heterocycles. The number of amides is 1. The van der Waals surface area contributed by atoms with E-state index in [2.05, 4.69) is 15.5 Å². The minimum absolute atomic E-state index is 0.102. The highest BCUT2D eigenvalue weighted by molar-refractivity contribution is 7.99. The first-order chi connectivity index (χ1) is 15.2. The number of hydrogen-bond donors (Lipinski definition) is 1. The number of methoxy groups -OCH3 is 3. The average molecular weight is 443 g/mol. The SMILES string of the molecule is COCCCn1c(SCC(=O)Nc2ccccc2)nnc1-c1ccc(OC)c(OC)c1. The molecule has 0 aliphatic heterocycles. The van der Waals surface area contributed by atoms with E-state index in [0.717, 1.165) is 17.7 Å². The Morgan fingerprint density at radius 1 is 1.03 bits per heavy atom. The zero-order valence-corrected chi connectivity index (χ0v) is 18.6. The molecule has 1 amide bonds. The molecule has 0 spiro atoms. The first-order valence-electron chi connectivity index (χ1n) is 9.78. The van der Waals surface area contributed by atoms with Gasteiger partial charge in [-0.2, -0.15) is 0 Å². The highest BCUT2D eigenvalue weighted by Gasteiger charge is 2.17. The van der Waals surface area contributed by atoms with Gasteiger partial charge in [0.2, 0.25) is 5.91 Å². The van der Waals surface area contributed by atoms with Gasteiger partial charge in [-0.25, -0.2) is 0 Å². The molecule has 0 aliphatic rings. The van der Waals surface area contributed by atoms with Crippen molar-refractivity contribution in [3.8, 4) is 22.9 Å². The maximum Gasteiger partial charge on any atom is 0.234 e. The Morgan fingerprint density at radius 2 is 1.81 bits per heavy atom. The Labute approximate surface area is 185 Å². The van der Waals surface area contributed by atoms with Gasteiger partial charge in [-0.15, -0.1) is 10.2 Å². The molecule has 0 atom stereocenters. The lowest BCUT2D eigenvalue weighted by Gasteiger charge is -2.12. The number of rotatable bonds is 11. The smallest absolute Gasteiger partial charge is 0.234 e. The Hall–Kier alpha value is -3.04. The van der Waals surface area contributed by atoms with Crippen molar-refractivity contribution >= 4 is 23.4 Å². The second kappa shape index (κ2) is 11.4. The van der Waals surface area contributed by atoms with Gasteiger partial charge in [0.15, 0.2) is 22.5 Å². The predicted octanol–water partition coefficient (Wildman–Crippen LogP) is 3.73. The average Bonchev–Trinajstić information content (AvgIpc) is 3.20. The number of nitrogens with zero attached hydrogens (tertiary/aromatic N) is 3. The first kappa shape index (κ1) is 22.6. The lowest BCUT2D eigenvalue weighted by atomic mass is 10.2. The van der Waals surface area contributed by atoms with E-state index in [0.29, 0.717) is 35.6 Å². The van der Waals surface area contributed by atoms with E-state index in [9.17, 15) is 4.79 Å². The van der Waals surface area contributed by atoms with Crippen molar-refractivity contribution in [1.29, 1.82) is 0 Å². The van der Waals surface area contributed by atoms with Gasteiger partial charge < -0.3 is 24.1 Å². The number of benzene rings is 2. The van der Waals surface area contributed by atoms with Gasteiger partial charge >= 0.3 is 0 Å². The molecule has 164 valence electrons. The highest BCUT2D eigenvalue weighted by Crippen LogP contribution is 2.33. The standard InChI is InChI=1S/C22H26N4O4S/c1-28-13-7-12-26-21(16-10-11-18(29-2)19(14-16)30-3)24-25-22(26)31-15-20(27)23-17-8-5-4-6-9-17/h4-6,8-11,14H,7,12-13,15H2,1-3H3,(H,23,27). The summed E-state index contributed by atoms with van der Waals surface area (Å²) in [7, 11) is 4.86. The molecular weight excluding hydrogens is 416 g/mol. The topological polar surface area (TPSA) is 87.5 Å². The zero-order valence-electron chi connectivity index (χ0n) is 17.8. The number of anilines is 1. The van der Waals surface area contributed by atoms with Crippen molar-refractivity contribution in [2.45, 2.75) is 18.1 Å². The van der Waals surface area contributed by atoms with Crippen LogP contribution in [0.1, 0.15) is 6.42 Å². The van der Waals surface area contributed by atoms with Crippen LogP contribution in [0.15, 0.2) is 53.7 Å². The number of carbonyl (C=O) groups is 1. The molecule has 0 aliphatic carbocycles. The first-order valence-corrected chi connectivity index (χ1v) is 10.8. The third-order valence-corrected chi connectivity index (χ3v) is 5.45. The van der Waals surface area contributed by atoms with Crippen LogP contribution in [0.25, 0.3) is 11.4 Å². The largest absolute Gasteiger partial charge is 0.493 e. The summed E-state index contributed by atoms with van der Waals surface area (Å²) in [5, 5.41) is 12.3. The van der Waals surface area contributed by atoms with Gasteiger partial charge in [0.1, 0.15) is 0 Å². The van der Waals surface area contributed by atoms with Gasteiger partial charge in [0.25, 0.3) is 0 Å². The molecule has 1 heterocycles. The summed E-state index contributed by atoms with van der Waals surface area (Å²) in [5.41, 5.74) is 1.61. The lowest BCUT2D eigenvalue weighted by molar-refractivity contribution is -0.113. The van der Waals surface area contributed by atoms with Crippen LogP contribution in [0.3, 0.4) is 0 Å². The summed E-state index contributed by atoms with van der Waals surface area (Å²) in [6, 6.07) is 15.0. The summed E-state index contributed by atoms with van der Waals surface area (Å²) in [4.78, 5) is 12.3. The summed E-state index contributed by atoms with van der Waals surface area (Å²) in [5.74, 6) is 2.08. The molecule has 31 heavy (non-hydrogen) atoms. The summed E-state index contributed by atoms with van der Waals surface area (Å²) in [6.45, 7) is 1.27. The number of hydrogen-bond acceptors (Lipinski definition) is 7. The molecule has 0 saturated carbocycles. The summed E-state index contributed by atoms with van der Waals surface area (Å²) in [6.07, 6.45) is 0.790. The fourth-order valence-electron chi connectivity index (χ4n) is 3.00. The van der Waals surface area contributed by atoms with Crippen LogP contribution in [0.5, 0.6) is 11.5 Å². The Kier molecular flexibility index (Phi) is 8.31. The minimum Gasteiger partial charge on any atom is -0.493 e. The van der Waals surface area contributed by atoms with Gasteiger partial charge in [-0.1, -0.05) is 30.0 Å². The molecule has 3 aromatic rings. The highest BCUT2D eigenvalue weighted by atomic mass is 32.2. The Balaban J connectivity index is 1.79.